The molecule has 0 aliphatic carbocycles. The number of rotatable bonds is 6. The van der Waals surface area contributed by atoms with Crippen LogP contribution >= 0.6 is 0 Å². The third-order valence-corrected chi connectivity index (χ3v) is 2.64. The van der Waals surface area contributed by atoms with Gasteiger partial charge in [0.1, 0.15) is 18.4 Å². The second kappa shape index (κ2) is 7.40. The number of hydrazone groups is 1. The van der Waals surface area contributed by atoms with Crippen molar-refractivity contribution in [3.63, 3.8) is 0 Å². The van der Waals surface area contributed by atoms with Gasteiger partial charge < -0.3 is 10.5 Å². The number of nitrogens with zero attached hydrogens (tertiary/aromatic N) is 3. The first-order valence-corrected chi connectivity index (χ1v) is 6.40. The molecule has 7 heteroatoms. The van der Waals surface area contributed by atoms with Gasteiger partial charge in [-0.25, -0.2) is 0 Å². The molecule has 0 unspecified atom stereocenters. The van der Waals surface area contributed by atoms with Crippen LogP contribution in [-0.4, -0.2) is 16.5 Å². The van der Waals surface area contributed by atoms with Gasteiger partial charge in [0.2, 0.25) is 5.71 Å². The topological polar surface area (TPSA) is 120 Å². The van der Waals surface area contributed by atoms with Crippen LogP contribution in [0, 0.1) is 16.7 Å². The molecule has 1 aromatic carbocycles. The van der Waals surface area contributed by atoms with Gasteiger partial charge in [-0.2, -0.15) is 10.4 Å². The van der Waals surface area contributed by atoms with Gasteiger partial charge in [-0.1, -0.05) is 18.2 Å². The monoisotopic (exact) mass is 294 g/mol. The summed E-state index contributed by atoms with van der Waals surface area (Å²) in [6.07, 6.45) is 1.69. The minimum Gasteiger partial charge on any atom is -0.485 e. The molecular weight excluding hydrogens is 280 g/mol. The number of anilines is 1. The molecule has 0 amide bonds. The summed E-state index contributed by atoms with van der Waals surface area (Å²) in [4.78, 5) is 4.17. The number of benzene rings is 1. The van der Waals surface area contributed by atoms with Crippen LogP contribution in [0.2, 0.25) is 0 Å². The number of nitrogens with one attached hydrogen (secondary N) is 2. The molecule has 2 aromatic rings. The Kier molecular flexibility index (Phi) is 5.04. The second-order valence-electron chi connectivity index (χ2n) is 4.20. The maximum atomic E-state index is 8.81. The van der Waals surface area contributed by atoms with E-state index in [0.29, 0.717) is 18.0 Å². The Labute approximate surface area is 127 Å². The summed E-state index contributed by atoms with van der Waals surface area (Å²) in [5.41, 5.74) is 9.08. The molecule has 0 aliphatic heterocycles. The highest BCUT2D eigenvalue weighted by Crippen LogP contribution is 2.24. The van der Waals surface area contributed by atoms with Gasteiger partial charge in [-0.15, -0.1) is 0 Å². The molecule has 22 heavy (non-hydrogen) atoms. The van der Waals surface area contributed by atoms with Crippen molar-refractivity contribution in [3.05, 3.63) is 54.4 Å². The van der Waals surface area contributed by atoms with E-state index in [9.17, 15) is 0 Å². The average molecular weight is 294 g/mol. The summed E-state index contributed by atoms with van der Waals surface area (Å²) in [7, 11) is 0. The average Bonchev–Trinajstić information content (AvgIpc) is 2.55. The lowest BCUT2D eigenvalue weighted by Gasteiger charge is -2.10. The van der Waals surface area contributed by atoms with E-state index in [1.807, 2.05) is 24.3 Å². The van der Waals surface area contributed by atoms with Crippen molar-refractivity contribution < 1.29 is 4.74 Å². The molecule has 1 heterocycles. The molecule has 0 radical (unpaired) electrons. The molecule has 1 aromatic heterocycles. The first kappa shape index (κ1) is 15.0. The Bertz CT molecular complexity index is 720. The summed E-state index contributed by atoms with van der Waals surface area (Å²) in [5.74, 6) is 0.152. The van der Waals surface area contributed by atoms with Crippen molar-refractivity contribution in [2.75, 3.05) is 5.43 Å². The number of hydrogen-bond acceptors (Lipinski definition) is 6. The highest BCUT2D eigenvalue weighted by Gasteiger charge is 2.05. The number of nitriles is 1. The van der Waals surface area contributed by atoms with Crippen LogP contribution in [0.15, 0.2) is 53.8 Å². The molecule has 4 N–H and O–H groups in total. The number of amidine groups is 1. The predicted molar refractivity (Wildman–Crippen MR) is 83.6 cm³/mol. The van der Waals surface area contributed by atoms with Crippen LogP contribution in [0.5, 0.6) is 5.75 Å². The molecular formula is C15H14N6O. The highest BCUT2D eigenvalue weighted by atomic mass is 16.5. The second-order valence-corrected chi connectivity index (χ2v) is 4.20. The lowest BCUT2D eigenvalue weighted by atomic mass is 10.3. The van der Waals surface area contributed by atoms with Gasteiger partial charge in [-0.05, 0) is 24.3 Å². The predicted octanol–water partition coefficient (Wildman–Crippen LogP) is 1.89. The van der Waals surface area contributed by atoms with Crippen LogP contribution in [0.1, 0.15) is 5.69 Å². The largest absolute Gasteiger partial charge is 0.485 e. The fourth-order valence-electron chi connectivity index (χ4n) is 1.58. The normalized spacial score (nSPS) is 10.6. The van der Waals surface area contributed by atoms with E-state index in [0.717, 1.165) is 5.69 Å². The molecule has 0 aliphatic rings. The molecule has 0 saturated carbocycles. The SMILES string of the molecule is N#C/C(=N\Nc1ccccc1OCc1ccccn1)C(=N)N. The van der Waals surface area contributed by atoms with Gasteiger partial charge in [0.15, 0.2) is 5.84 Å². The summed E-state index contributed by atoms with van der Waals surface area (Å²) < 4.78 is 5.69. The number of aromatic nitrogens is 1. The van der Waals surface area contributed by atoms with E-state index in [2.05, 4.69) is 15.5 Å². The van der Waals surface area contributed by atoms with Crippen molar-refractivity contribution in [2.45, 2.75) is 6.61 Å². The minimum atomic E-state index is -0.401. The van der Waals surface area contributed by atoms with Crippen molar-refractivity contribution in [1.82, 2.24) is 4.98 Å². The number of hydrogen-bond donors (Lipinski definition) is 3. The van der Waals surface area contributed by atoms with E-state index in [4.69, 9.17) is 21.1 Å². The van der Waals surface area contributed by atoms with E-state index >= 15 is 0 Å². The Hall–Kier alpha value is -3.40. The highest BCUT2D eigenvalue weighted by molar-refractivity contribution is 6.45. The van der Waals surface area contributed by atoms with E-state index in [1.54, 1.807) is 30.5 Å². The van der Waals surface area contributed by atoms with Gasteiger partial charge in [0.05, 0.1) is 11.4 Å². The van der Waals surface area contributed by atoms with E-state index in [-0.39, 0.29) is 5.71 Å². The lowest BCUT2D eigenvalue weighted by molar-refractivity contribution is 0.303. The van der Waals surface area contributed by atoms with Crippen LogP contribution in [-0.2, 0) is 6.61 Å². The quantitative estimate of drug-likeness (QED) is 0.427. The fourth-order valence-corrected chi connectivity index (χ4v) is 1.58. The summed E-state index contributed by atoms with van der Waals surface area (Å²) in [6.45, 7) is 0.307. The van der Waals surface area contributed by atoms with Crippen molar-refractivity contribution in [2.24, 2.45) is 10.8 Å². The molecule has 110 valence electrons. The standard InChI is InChI=1S/C15H14N6O/c16-9-13(15(17)18)21-20-12-6-1-2-7-14(12)22-10-11-5-3-4-8-19-11/h1-8,20H,10H2,(H3,17,18)/b21-13+. The number of nitrogens with two attached hydrogens (primary N) is 1. The van der Waals surface area contributed by atoms with Crippen LogP contribution in [0.4, 0.5) is 5.69 Å². The third kappa shape index (κ3) is 4.05. The van der Waals surface area contributed by atoms with E-state index < -0.39 is 5.84 Å². The molecule has 0 fully saturated rings. The maximum Gasteiger partial charge on any atom is 0.201 e. The Morgan fingerprint density at radius 3 is 2.77 bits per heavy atom. The summed E-state index contributed by atoms with van der Waals surface area (Å²) in [5, 5.41) is 19.8. The zero-order chi connectivity index (χ0) is 15.8. The zero-order valence-electron chi connectivity index (χ0n) is 11.7. The first-order valence-electron chi connectivity index (χ1n) is 6.40. The van der Waals surface area contributed by atoms with Gasteiger partial charge in [0, 0.05) is 6.20 Å². The van der Waals surface area contributed by atoms with Gasteiger partial charge in [0.25, 0.3) is 0 Å². The number of ether oxygens (including phenoxy) is 1. The van der Waals surface area contributed by atoms with Gasteiger partial charge >= 0.3 is 0 Å². The summed E-state index contributed by atoms with van der Waals surface area (Å²) in [6, 6.07) is 14.4. The smallest absolute Gasteiger partial charge is 0.201 e. The molecule has 0 saturated heterocycles. The minimum absolute atomic E-state index is 0.195. The molecule has 0 bridgehead atoms. The first-order chi connectivity index (χ1) is 10.7. The third-order valence-electron chi connectivity index (χ3n) is 2.64. The molecule has 2 rings (SSSR count). The van der Waals surface area contributed by atoms with Crippen LogP contribution < -0.4 is 15.9 Å². The fraction of sp³-hybridized carbons (Fsp3) is 0.0667. The lowest BCUT2D eigenvalue weighted by Crippen LogP contribution is -2.21. The molecule has 0 atom stereocenters. The Morgan fingerprint density at radius 1 is 1.32 bits per heavy atom. The van der Waals surface area contributed by atoms with Crippen molar-refractivity contribution in [1.29, 1.82) is 10.7 Å². The van der Waals surface area contributed by atoms with Crippen molar-refractivity contribution >= 4 is 17.2 Å². The molecule has 0 spiro atoms. The van der Waals surface area contributed by atoms with Crippen molar-refractivity contribution in [3.8, 4) is 11.8 Å². The number of para-hydroxylation sites is 2. The number of pyridine rings is 1. The Morgan fingerprint density at radius 2 is 2.09 bits per heavy atom. The summed E-state index contributed by atoms with van der Waals surface area (Å²) >= 11 is 0. The van der Waals surface area contributed by atoms with E-state index in [1.165, 1.54) is 0 Å². The molecule has 7 nitrogen and oxygen atoms in total. The maximum absolute atomic E-state index is 8.81. The van der Waals surface area contributed by atoms with Crippen LogP contribution in [0.25, 0.3) is 0 Å². The van der Waals surface area contributed by atoms with Gasteiger partial charge in [-0.3, -0.25) is 15.8 Å². The Balaban J connectivity index is 2.10. The van der Waals surface area contributed by atoms with Crippen LogP contribution in [0.3, 0.4) is 0 Å². The zero-order valence-corrected chi connectivity index (χ0v) is 11.7.